The van der Waals surface area contributed by atoms with Crippen LogP contribution in [0.3, 0.4) is 0 Å². The van der Waals surface area contributed by atoms with Gasteiger partial charge in [0.05, 0.1) is 32.7 Å². The summed E-state index contributed by atoms with van der Waals surface area (Å²) in [5, 5.41) is 32.5. The monoisotopic (exact) mass is 888 g/mol. The summed E-state index contributed by atoms with van der Waals surface area (Å²) < 4.78 is 6.99. The number of aryl methyl sites for hydroxylation is 5. The number of aromatic nitrogens is 2. The molecule has 0 bridgehead atoms. The second-order valence-corrected chi connectivity index (χ2v) is 18.1. The van der Waals surface area contributed by atoms with Crippen LogP contribution in [-0.2, 0) is 0 Å². The summed E-state index contributed by atoms with van der Waals surface area (Å²) in [7, 11) is 0. The Kier molecular flexibility index (Phi) is 13.3. The fourth-order valence-corrected chi connectivity index (χ4v) is 9.22. The summed E-state index contributed by atoms with van der Waals surface area (Å²) in [5.41, 5.74) is 11.6. The lowest BCUT2D eigenvalue weighted by Crippen LogP contribution is -2.28. The van der Waals surface area contributed by atoms with Crippen molar-refractivity contribution in [3.63, 3.8) is 0 Å². The first kappa shape index (κ1) is 46.6. The number of rotatable bonds is 10. The first-order valence-corrected chi connectivity index (χ1v) is 22.3. The van der Waals surface area contributed by atoms with E-state index >= 15 is 0 Å². The van der Waals surface area contributed by atoms with Crippen LogP contribution in [0, 0.1) is 34.6 Å². The van der Waals surface area contributed by atoms with Crippen LogP contribution in [0.2, 0.25) is 5.02 Å². The predicted molar refractivity (Wildman–Crippen MR) is 266 cm³/mol. The number of carboxylic acids is 1. The van der Waals surface area contributed by atoms with Crippen molar-refractivity contribution in [3.05, 3.63) is 168 Å². The summed E-state index contributed by atoms with van der Waals surface area (Å²) in [5.74, 6) is -0.855. The average molecular weight is 890 g/mol. The lowest BCUT2D eigenvalue weighted by atomic mass is 9.86. The number of nitrogens with zero attached hydrogens (tertiary/aromatic N) is 2. The molecule has 9 nitrogen and oxygen atoms in total. The first-order chi connectivity index (χ1) is 30.8. The van der Waals surface area contributed by atoms with Gasteiger partial charge in [0.15, 0.2) is 0 Å². The highest BCUT2D eigenvalue weighted by molar-refractivity contribution is 6.31. The van der Waals surface area contributed by atoms with Crippen LogP contribution >= 0.6 is 11.6 Å². The molecule has 0 fully saturated rings. The van der Waals surface area contributed by atoms with Crippen molar-refractivity contribution < 1.29 is 19.4 Å². The number of allylic oxidation sites excluding steroid dienone is 1. The van der Waals surface area contributed by atoms with E-state index in [0.29, 0.717) is 38.8 Å². The second-order valence-electron chi connectivity index (χ2n) is 17.7. The number of nitrogens with one attached hydrogen (secondary N) is 2. The molecule has 3 heterocycles. The van der Waals surface area contributed by atoms with Gasteiger partial charge in [-0.25, -0.2) is 4.79 Å². The molecule has 65 heavy (non-hydrogen) atoms. The van der Waals surface area contributed by atoms with Gasteiger partial charge < -0.3 is 25.3 Å². The minimum Gasteiger partial charge on any atom is -0.507 e. The van der Waals surface area contributed by atoms with Gasteiger partial charge in [-0.15, -0.1) is 6.58 Å². The molecule has 4 unspecified atom stereocenters. The minimum atomic E-state index is -1.11. The van der Waals surface area contributed by atoms with Crippen LogP contribution in [0.4, 0.5) is 0 Å². The Labute approximate surface area is 385 Å². The van der Waals surface area contributed by atoms with Gasteiger partial charge >= 0.3 is 5.97 Å². The number of phenolic OH excluding ortho intramolecular Hbond substituents is 1. The third kappa shape index (κ3) is 9.01. The van der Waals surface area contributed by atoms with E-state index in [9.17, 15) is 19.8 Å². The maximum absolute atomic E-state index is 14.4. The van der Waals surface area contributed by atoms with Gasteiger partial charge in [0.25, 0.3) is 0 Å². The zero-order valence-corrected chi connectivity index (χ0v) is 39.7. The molecule has 1 aliphatic carbocycles. The Morgan fingerprint density at radius 1 is 0.677 bits per heavy atom. The number of carboxylic acid groups (broad SMARTS) is 1. The zero-order valence-electron chi connectivity index (χ0n) is 39.0. The molecule has 8 rings (SSSR count). The summed E-state index contributed by atoms with van der Waals surface area (Å²) in [6.07, 6.45) is 0. The van der Waals surface area contributed by atoms with E-state index in [1.54, 1.807) is 36.4 Å². The smallest absolute Gasteiger partial charge is 0.336 e. The van der Waals surface area contributed by atoms with E-state index in [1.807, 2.05) is 67.5 Å². The second kappa shape index (κ2) is 18.6. The van der Waals surface area contributed by atoms with Crippen molar-refractivity contribution in [1.82, 2.24) is 20.6 Å². The van der Waals surface area contributed by atoms with E-state index in [2.05, 4.69) is 74.4 Å². The molecule has 2 aromatic heterocycles. The molecule has 0 saturated carbocycles. The van der Waals surface area contributed by atoms with Crippen LogP contribution in [0.5, 0.6) is 5.75 Å². The Balaban J connectivity index is 0.00000151. The highest BCUT2D eigenvalue weighted by Crippen LogP contribution is 2.48. The number of pyridine rings is 2. The number of fused-ring (bicyclic) bond motifs is 4. The zero-order chi connectivity index (χ0) is 47.2. The molecule has 4 N–H and O–H groups in total. The molecule has 0 radical (unpaired) electrons. The van der Waals surface area contributed by atoms with Crippen molar-refractivity contribution in [2.24, 2.45) is 0 Å². The van der Waals surface area contributed by atoms with Crippen LogP contribution in [0.1, 0.15) is 126 Å². The normalized spacial score (nSPS) is 13.4. The molecule has 0 spiro atoms. The summed E-state index contributed by atoms with van der Waals surface area (Å²) in [6.45, 7) is 25.3. The van der Waals surface area contributed by atoms with Crippen LogP contribution in [0.25, 0.3) is 55.2 Å². The third-order valence-corrected chi connectivity index (χ3v) is 12.4. The SMILES string of the molecule is C=C(C)C.Cc1ccc2c(C)ccc(C(C)NC(C)c3c4oc5c(C(C)NC(C)c6ccc(C)c7ccc(C)nc67)c(O)c(C)cc5c(-c5ccccc5C(=O)O)c-4cc(Cl)c3=O)c2n1. The fraction of sp³-hybridized carbons (Fsp3) is 0.273. The Hall–Kier alpha value is -6.39. The molecule has 4 aromatic carbocycles. The summed E-state index contributed by atoms with van der Waals surface area (Å²) >= 11 is 6.87. The van der Waals surface area contributed by atoms with Crippen LogP contribution in [-0.4, -0.2) is 26.2 Å². The largest absolute Gasteiger partial charge is 0.507 e. The maximum Gasteiger partial charge on any atom is 0.336 e. The van der Waals surface area contributed by atoms with Crippen molar-refractivity contribution >= 4 is 50.3 Å². The quantitative estimate of drug-likeness (QED) is 0.0781. The molecule has 10 heteroatoms. The number of halogens is 1. The van der Waals surface area contributed by atoms with Gasteiger partial charge in [-0.3, -0.25) is 14.8 Å². The highest BCUT2D eigenvalue weighted by atomic mass is 35.5. The van der Waals surface area contributed by atoms with Gasteiger partial charge in [0.2, 0.25) is 5.43 Å². The predicted octanol–water partition coefficient (Wildman–Crippen LogP) is 13.7. The van der Waals surface area contributed by atoms with E-state index in [0.717, 1.165) is 55.4 Å². The van der Waals surface area contributed by atoms with Gasteiger partial charge in [0.1, 0.15) is 17.1 Å². The molecule has 1 aliphatic heterocycles. The third-order valence-electron chi connectivity index (χ3n) is 12.2. The van der Waals surface area contributed by atoms with Crippen LogP contribution in [0.15, 0.2) is 106 Å². The fourth-order valence-electron chi connectivity index (χ4n) is 9.01. The Morgan fingerprint density at radius 2 is 1.18 bits per heavy atom. The number of hydrogen-bond acceptors (Lipinski definition) is 8. The van der Waals surface area contributed by atoms with E-state index in [-0.39, 0.29) is 39.7 Å². The molecule has 2 aliphatic rings. The molecule has 0 saturated heterocycles. The minimum absolute atomic E-state index is 0.0229. The van der Waals surface area contributed by atoms with Gasteiger partial charge in [-0.05, 0) is 140 Å². The van der Waals surface area contributed by atoms with Crippen molar-refractivity contribution in [2.45, 2.75) is 100 Å². The van der Waals surface area contributed by atoms with Crippen molar-refractivity contribution in [1.29, 1.82) is 0 Å². The Morgan fingerprint density at radius 3 is 1.71 bits per heavy atom. The molecule has 334 valence electrons. The maximum atomic E-state index is 14.4. The first-order valence-electron chi connectivity index (χ1n) is 21.9. The van der Waals surface area contributed by atoms with Crippen molar-refractivity contribution in [3.8, 4) is 28.2 Å². The number of phenols is 1. The van der Waals surface area contributed by atoms with E-state index in [1.165, 1.54) is 5.57 Å². The van der Waals surface area contributed by atoms with Gasteiger partial charge in [-0.2, -0.15) is 0 Å². The average Bonchev–Trinajstić information content (AvgIpc) is 3.24. The number of benzene rings is 5. The number of aromatic hydroxyl groups is 1. The Bertz CT molecular complexity index is 3210. The van der Waals surface area contributed by atoms with Crippen molar-refractivity contribution in [2.75, 3.05) is 0 Å². The topological polar surface area (TPSA) is 138 Å². The van der Waals surface area contributed by atoms with E-state index < -0.39 is 23.5 Å². The molecular formula is C55H57ClN4O5. The molecular weight excluding hydrogens is 832 g/mol. The molecule has 0 amide bonds. The standard InChI is InChI=1S/C51H49ClN4O5.C4H8/c1-24-14-18-35(45-33(24)20-16-27(4)53-45)29(6)55-31(8)42-47(57)26(3)22-39-44(37-12-10-11-13-38(37)51(59)60)40-23-41(52)48(58)43(50(40)61-49(39)42)32(9)56-30(7)36-19-15-25(2)34-21-17-28(5)54-46(34)36;1-4(2)3/h10-23,29-32,55-57H,1-9H3,(H,59,60);1H2,2-3H3. The summed E-state index contributed by atoms with van der Waals surface area (Å²) in [4.78, 5) is 37.1. The van der Waals surface area contributed by atoms with Crippen LogP contribution < -0.4 is 16.1 Å². The number of hydrogen-bond donors (Lipinski definition) is 4. The lowest BCUT2D eigenvalue weighted by molar-refractivity contribution is 0.0697. The number of aromatic carboxylic acids is 1. The summed E-state index contributed by atoms with van der Waals surface area (Å²) in [6, 6.07) is 25.0. The number of carbonyl (C=O) groups is 1. The lowest BCUT2D eigenvalue weighted by Gasteiger charge is -2.27. The van der Waals surface area contributed by atoms with E-state index in [4.69, 9.17) is 26.0 Å². The molecule has 4 atom stereocenters. The molecule has 6 aromatic rings. The van der Waals surface area contributed by atoms with Gasteiger partial charge in [-0.1, -0.05) is 71.8 Å². The highest BCUT2D eigenvalue weighted by Gasteiger charge is 2.32. The van der Waals surface area contributed by atoms with Gasteiger partial charge in [0, 0.05) is 62.8 Å².